The lowest BCUT2D eigenvalue weighted by molar-refractivity contribution is 0.598. The third kappa shape index (κ3) is 4.12. The van der Waals surface area contributed by atoms with Crippen molar-refractivity contribution in [3.8, 4) is 0 Å². The zero-order chi connectivity index (χ0) is 13.2. The molecule has 1 heterocycles. The molecule has 0 aliphatic heterocycles. The molecule has 0 saturated carbocycles. The molecule has 1 aromatic heterocycles. The number of hydrogen-bond donors (Lipinski definition) is 1. The van der Waals surface area contributed by atoms with E-state index in [2.05, 4.69) is 26.3 Å². The van der Waals surface area contributed by atoms with E-state index in [9.17, 15) is 13.2 Å². The van der Waals surface area contributed by atoms with Gasteiger partial charge in [-0.05, 0) is 22.9 Å². The number of aryl methyl sites for hydroxylation is 1. The Morgan fingerprint density at radius 2 is 2.18 bits per heavy atom. The van der Waals surface area contributed by atoms with Crippen LogP contribution in [0.15, 0.2) is 15.5 Å². The summed E-state index contributed by atoms with van der Waals surface area (Å²) in [6.45, 7) is 1.73. The van der Waals surface area contributed by atoms with E-state index < -0.39 is 9.84 Å². The monoisotopic (exact) mass is 323 g/mol. The molecular formula is C9H14BrN3O3S. The molecule has 96 valence electrons. The third-order valence-corrected chi connectivity index (χ3v) is 3.90. The fourth-order valence-electron chi connectivity index (χ4n) is 1.37. The van der Waals surface area contributed by atoms with E-state index in [1.54, 1.807) is 6.92 Å². The highest BCUT2D eigenvalue weighted by Crippen LogP contribution is 2.17. The van der Waals surface area contributed by atoms with E-state index in [0.29, 0.717) is 10.2 Å². The highest BCUT2D eigenvalue weighted by molar-refractivity contribution is 9.10. The first-order valence-corrected chi connectivity index (χ1v) is 7.72. The predicted molar refractivity (Wildman–Crippen MR) is 70.0 cm³/mol. The van der Waals surface area contributed by atoms with Gasteiger partial charge in [-0.15, -0.1) is 0 Å². The average Bonchev–Trinajstić information content (AvgIpc) is 2.16. The van der Waals surface area contributed by atoms with Crippen LogP contribution < -0.4 is 10.9 Å². The lowest BCUT2D eigenvalue weighted by atomic mass is 10.3. The molecule has 6 nitrogen and oxygen atoms in total. The van der Waals surface area contributed by atoms with E-state index in [4.69, 9.17) is 0 Å². The number of anilines is 1. The quantitative estimate of drug-likeness (QED) is 0.866. The molecule has 0 aliphatic rings. The summed E-state index contributed by atoms with van der Waals surface area (Å²) < 4.78 is 23.7. The lowest BCUT2D eigenvalue weighted by Gasteiger charge is -2.15. The van der Waals surface area contributed by atoms with Crippen LogP contribution in [0.1, 0.15) is 6.92 Å². The largest absolute Gasteiger partial charge is 0.379 e. The highest BCUT2D eigenvalue weighted by Gasteiger charge is 2.13. The van der Waals surface area contributed by atoms with Crippen molar-refractivity contribution >= 4 is 31.5 Å². The first kappa shape index (κ1) is 14.2. The van der Waals surface area contributed by atoms with Crippen molar-refractivity contribution < 1.29 is 8.42 Å². The minimum atomic E-state index is -3.06. The van der Waals surface area contributed by atoms with Gasteiger partial charge in [0.2, 0.25) is 0 Å². The Morgan fingerprint density at radius 3 is 2.71 bits per heavy atom. The maximum Gasteiger partial charge on any atom is 0.282 e. The van der Waals surface area contributed by atoms with Crippen molar-refractivity contribution in [3.63, 3.8) is 0 Å². The Bertz CT molecular complexity index is 567. The molecule has 0 radical (unpaired) electrons. The molecule has 0 aliphatic carbocycles. The molecule has 1 aromatic rings. The second-order valence-electron chi connectivity index (χ2n) is 3.94. The number of nitrogens with zero attached hydrogens (tertiary/aromatic N) is 2. The summed E-state index contributed by atoms with van der Waals surface area (Å²) in [6, 6.07) is -0.296. The second kappa shape index (κ2) is 5.18. The first-order chi connectivity index (χ1) is 7.70. The van der Waals surface area contributed by atoms with Crippen LogP contribution in [-0.4, -0.2) is 36.2 Å². The van der Waals surface area contributed by atoms with E-state index >= 15 is 0 Å². The van der Waals surface area contributed by atoms with Crippen molar-refractivity contribution in [3.05, 3.63) is 21.0 Å². The zero-order valence-corrected chi connectivity index (χ0v) is 12.2. The number of rotatable bonds is 4. The lowest BCUT2D eigenvalue weighted by Crippen LogP contribution is -2.28. The van der Waals surface area contributed by atoms with Gasteiger partial charge in [-0.25, -0.2) is 13.1 Å². The molecule has 8 heteroatoms. The molecule has 1 unspecified atom stereocenters. The van der Waals surface area contributed by atoms with Crippen LogP contribution >= 0.6 is 15.9 Å². The molecular weight excluding hydrogens is 310 g/mol. The Kier molecular flexibility index (Phi) is 4.31. The standard InChI is InChI=1S/C9H14BrN3O3S/c1-6(5-17(3,15)16)12-7-4-11-13(2)9(14)8(7)10/h4,6,12H,5H2,1-3H3. The van der Waals surface area contributed by atoms with E-state index in [1.165, 1.54) is 24.2 Å². The molecule has 0 fully saturated rings. The van der Waals surface area contributed by atoms with E-state index in [-0.39, 0.29) is 17.4 Å². The molecule has 1 N–H and O–H groups in total. The molecule has 0 amide bonds. The van der Waals surface area contributed by atoms with Crippen LogP contribution in [-0.2, 0) is 16.9 Å². The minimum absolute atomic E-state index is 0.00531. The van der Waals surface area contributed by atoms with Gasteiger partial charge < -0.3 is 5.32 Å². The zero-order valence-electron chi connectivity index (χ0n) is 9.77. The van der Waals surface area contributed by atoms with Gasteiger partial charge in [-0.1, -0.05) is 0 Å². The first-order valence-electron chi connectivity index (χ1n) is 4.87. The SMILES string of the molecule is CC(CS(C)(=O)=O)Nc1cnn(C)c(=O)c1Br. The summed E-state index contributed by atoms with van der Waals surface area (Å²) in [5, 5.41) is 6.78. The number of aromatic nitrogens is 2. The minimum Gasteiger partial charge on any atom is -0.379 e. The summed E-state index contributed by atoms with van der Waals surface area (Å²) in [6.07, 6.45) is 2.65. The van der Waals surface area contributed by atoms with Gasteiger partial charge in [0.05, 0.1) is 17.6 Å². The molecule has 1 rings (SSSR count). The normalized spacial score (nSPS) is 13.4. The van der Waals surface area contributed by atoms with Crippen molar-refractivity contribution in [2.45, 2.75) is 13.0 Å². The predicted octanol–water partition coefficient (Wildman–Crippen LogP) is 0.388. The summed E-state index contributed by atoms with van der Waals surface area (Å²) in [5.74, 6) is -0.00531. The molecule has 0 saturated heterocycles. The van der Waals surface area contributed by atoms with Gasteiger partial charge in [0.1, 0.15) is 14.3 Å². The van der Waals surface area contributed by atoms with Crippen LogP contribution in [0.5, 0.6) is 0 Å². The topological polar surface area (TPSA) is 81.1 Å². The van der Waals surface area contributed by atoms with Crippen LogP contribution in [0.3, 0.4) is 0 Å². The summed E-state index contributed by atoms with van der Waals surface area (Å²) in [5.41, 5.74) is 0.214. The highest BCUT2D eigenvalue weighted by atomic mass is 79.9. The molecule has 1 atom stereocenters. The van der Waals surface area contributed by atoms with Crippen LogP contribution in [0.4, 0.5) is 5.69 Å². The van der Waals surface area contributed by atoms with Gasteiger partial charge in [0.15, 0.2) is 0 Å². The van der Waals surface area contributed by atoms with Crippen molar-refractivity contribution in [2.24, 2.45) is 7.05 Å². The Balaban J connectivity index is 2.90. The second-order valence-corrected chi connectivity index (χ2v) is 6.92. The van der Waals surface area contributed by atoms with Gasteiger partial charge in [-0.2, -0.15) is 5.10 Å². The third-order valence-electron chi connectivity index (χ3n) is 2.03. The number of hydrogen-bond acceptors (Lipinski definition) is 5. The molecule has 17 heavy (non-hydrogen) atoms. The van der Waals surface area contributed by atoms with Gasteiger partial charge in [0.25, 0.3) is 5.56 Å². The Labute approximate surface area is 108 Å². The average molecular weight is 324 g/mol. The number of halogens is 1. The van der Waals surface area contributed by atoms with Crippen molar-refractivity contribution in [1.82, 2.24) is 9.78 Å². The summed E-state index contributed by atoms with van der Waals surface area (Å²) >= 11 is 3.15. The molecule has 0 spiro atoms. The van der Waals surface area contributed by atoms with Gasteiger partial charge in [-0.3, -0.25) is 4.79 Å². The fraction of sp³-hybridized carbons (Fsp3) is 0.556. The maximum atomic E-state index is 11.6. The Morgan fingerprint density at radius 1 is 1.59 bits per heavy atom. The molecule has 0 aromatic carbocycles. The van der Waals surface area contributed by atoms with E-state index in [0.717, 1.165) is 0 Å². The number of nitrogens with one attached hydrogen (secondary N) is 1. The van der Waals surface area contributed by atoms with Crippen molar-refractivity contribution in [2.75, 3.05) is 17.3 Å². The van der Waals surface area contributed by atoms with Crippen LogP contribution in [0, 0.1) is 0 Å². The fourth-order valence-corrected chi connectivity index (χ4v) is 2.84. The molecule has 0 bridgehead atoms. The van der Waals surface area contributed by atoms with E-state index in [1.807, 2.05) is 0 Å². The summed E-state index contributed by atoms with van der Waals surface area (Å²) in [4.78, 5) is 11.6. The smallest absolute Gasteiger partial charge is 0.282 e. The van der Waals surface area contributed by atoms with Crippen LogP contribution in [0.2, 0.25) is 0 Å². The van der Waals surface area contributed by atoms with Gasteiger partial charge >= 0.3 is 0 Å². The number of sulfone groups is 1. The maximum absolute atomic E-state index is 11.6. The van der Waals surface area contributed by atoms with Crippen LogP contribution in [0.25, 0.3) is 0 Å². The Hall–Kier alpha value is -0.890. The van der Waals surface area contributed by atoms with Gasteiger partial charge in [0, 0.05) is 19.3 Å². The van der Waals surface area contributed by atoms with Crippen molar-refractivity contribution in [1.29, 1.82) is 0 Å². The summed E-state index contributed by atoms with van der Waals surface area (Å²) in [7, 11) is -1.52.